The molecule has 0 aliphatic carbocycles. The van der Waals surface area contributed by atoms with Crippen LogP contribution in [-0.2, 0) is 0 Å². The van der Waals surface area contributed by atoms with Gasteiger partial charge >= 0.3 is 0 Å². The molecule has 0 spiro atoms. The van der Waals surface area contributed by atoms with Gasteiger partial charge in [-0.1, -0.05) is 68.8 Å². The maximum Gasteiger partial charge on any atom is 0.0320 e. The number of rotatable bonds is 4. The fourth-order valence-electron chi connectivity index (χ4n) is 2.14. The maximum atomic E-state index is 6.30. The Hall–Kier alpha value is -1.31. The molecule has 2 aromatic carbocycles. The van der Waals surface area contributed by atoms with Gasteiger partial charge in [0.05, 0.1) is 0 Å². The molecule has 2 heteroatoms. The molecule has 0 bridgehead atoms. The minimum absolute atomic E-state index is 0. The Morgan fingerprint density at radius 1 is 0.947 bits per heavy atom. The van der Waals surface area contributed by atoms with Gasteiger partial charge < -0.3 is 5.73 Å². The first-order chi connectivity index (χ1) is 8.72. The van der Waals surface area contributed by atoms with Gasteiger partial charge in [0.15, 0.2) is 0 Å². The monoisotopic (exact) mass is 275 g/mol. The Kier molecular flexibility index (Phi) is 6.07. The van der Waals surface area contributed by atoms with Crippen LogP contribution in [-0.4, -0.2) is 0 Å². The number of nitrogens with two attached hydrogens (primary N) is 1. The van der Waals surface area contributed by atoms with Crippen LogP contribution in [0.25, 0.3) is 11.1 Å². The van der Waals surface area contributed by atoms with Crippen molar-refractivity contribution in [1.29, 1.82) is 0 Å². The molecule has 0 radical (unpaired) electrons. The molecule has 0 aliphatic rings. The zero-order chi connectivity index (χ0) is 13.0. The molecule has 0 aromatic heterocycles. The van der Waals surface area contributed by atoms with Crippen LogP contribution >= 0.6 is 12.4 Å². The molecular formula is C17H22ClN. The van der Waals surface area contributed by atoms with Crippen molar-refractivity contribution in [2.45, 2.75) is 26.3 Å². The lowest BCUT2D eigenvalue weighted by atomic mass is 9.91. The van der Waals surface area contributed by atoms with Crippen LogP contribution < -0.4 is 5.73 Å². The third kappa shape index (κ3) is 3.82. The molecule has 2 rings (SSSR count). The van der Waals surface area contributed by atoms with Crippen molar-refractivity contribution in [3.8, 4) is 11.1 Å². The summed E-state index contributed by atoms with van der Waals surface area (Å²) in [5, 5.41) is 0. The van der Waals surface area contributed by atoms with Crippen LogP contribution in [0.15, 0.2) is 54.6 Å². The van der Waals surface area contributed by atoms with Crippen molar-refractivity contribution in [1.82, 2.24) is 0 Å². The highest BCUT2D eigenvalue weighted by Gasteiger charge is 2.13. The number of hydrogen-bond acceptors (Lipinski definition) is 1. The third-order valence-electron chi connectivity index (χ3n) is 3.64. The molecule has 2 atom stereocenters. The molecule has 19 heavy (non-hydrogen) atoms. The minimum Gasteiger partial charge on any atom is -0.324 e. The molecule has 0 fully saturated rings. The van der Waals surface area contributed by atoms with E-state index in [4.69, 9.17) is 5.73 Å². The highest BCUT2D eigenvalue weighted by atomic mass is 35.5. The normalized spacial score (nSPS) is 13.4. The van der Waals surface area contributed by atoms with E-state index in [-0.39, 0.29) is 18.4 Å². The number of halogens is 1. The first-order valence-electron chi connectivity index (χ1n) is 6.63. The quantitative estimate of drug-likeness (QED) is 0.850. The molecule has 0 heterocycles. The molecule has 0 saturated carbocycles. The number of benzene rings is 2. The van der Waals surface area contributed by atoms with E-state index < -0.39 is 0 Å². The van der Waals surface area contributed by atoms with Crippen LogP contribution in [0.4, 0.5) is 0 Å². The van der Waals surface area contributed by atoms with Crippen LogP contribution in [0.1, 0.15) is 31.9 Å². The van der Waals surface area contributed by atoms with Crippen LogP contribution in [0.3, 0.4) is 0 Å². The summed E-state index contributed by atoms with van der Waals surface area (Å²) < 4.78 is 0. The van der Waals surface area contributed by atoms with Crippen LogP contribution in [0.2, 0.25) is 0 Å². The van der Waals surface area contributed by atoms with E-state index in [1.165, 1.54) is 16.7 Å². The average molecular weight is 276 g/mol. The standard InChI is InChI=1S/C17H21N.ClH/c1-3-13(2)17(18)16-11-7-10-15(12-16)14-8-5-4-6-9-14;/h4-13,17H,3,18H2,1-2H3;1H/t13?,17-;/m1./s1. The van der Waals surface area contributed by atoms with E-state index >= 15 is 0 Å². The molecule has 0 amide bonds. The Labute approximate surface area is 122 Å². The predicted octanol–water partition coefficient (Wildman–Crippen LogP) is 4.82. The summed E-state index contributed by atoms with van der Waals surface area (Å²) in [4.78, 5) is 0. The lowest BCUT2D eigenvalue weighted by Crippen LogP contribution is -2.18. The van der Waals surface area contributed by atoms with Crippen molar-refractivity contribution in [2.24, 2.45) is 11.7 Å². The van der Waals surface area contributed by atoms with E-state index in [0.717, 1.165) is 6.42 Å². The molecule has 2 N–H and O–H groups in total. The molecule has 0 saturated heterocycles. The van der Waals surface area contributed by atoms with Gasteiger partial charge in [0.1, 0.15) is 0 Å². The minimum atomic E-state index is 0. The molecule has 2 aromatic rings. The first kappa shape index (κ1) is 15.7. The van der Waals surface area contributed by atoms with Gasteiger partial charge in [0.25, 0.3) is 0 Å². The zero-order valence-electron chi connectivity index (χ0n) is 11.5. The van der Waals surface area contributed by atoms with E-state index in [0.29, 0.717) is 5.92 Å². The Morgan fingerprint density at radius 3 is 2.21 bits per heavy atom. The van der Waals surface area contributed by atoms with Crippen molar-refractivity contribution in [3.05, 3.63) is 60.2 Å². The topological polar surface area (TPSA) is 26.0 Å². The maximum absolute atomic E-state index is 6.30. The van der Waals surface area contributed by atoms with E-state index in [9.17, 15) is 0 Å². The van der Waals surface area contributed by atoms with Gasteiger partial charge in [-0.25, -0.2) is 0 Å². The first-order valence-corrected chi connectivity index (χ1v) is 6.63. The van der Waals surface area contributed by atoms with E-state index in [1.807, 2.05) is 6.07 Å². The average Bonchev–Trinajstić information content (AvgIpc) is 2.46. The molecule has 1 unspecified atom stereocenters. The van der Waals surface area contributed by atoms with E-state index in [2.05, 4.69) is 62.4 Å². The summed E-state index contributed by atoms with van der Waals surface area (Å²) in [6.07, 6.45) is 1.11. The van der Waals surface area contributed by atoms with Crippen molar-refractivity contribution >= 4 is 12.4 Å². The second-order valence-electron chi connectivity index (χ2n) is 4.90. The summed E-state index contributed by atoms with van der Waals surface area (Å²) >= 11 is 0. The highest BCUT2D eigenvalue weighted by molar-refractivity contribution is 5.85. The highest BCUT2D eigenvalue weighted by Crippen LogP contribution is 2.26. The fourth-order valence-corrected chi connectivity index (χ4v) is 2.14. The van der Waals surface area contributed by atoms with Crippen molar-refractivity contribution in [3.63, 3.8) is 0 Å². The second-order valence-corrected chi connectivity index (χ2v) is 4.90. The second kappa shape index (κ2) is 7.32. The Balaban J connectivity index is 0.00000180. The van der Waals surface area contributed by atoms with Crippen LogP contribution in [0, 0.1) is 5.92 Å². The SMILES string of the molecule is CCC(C)[C@@H](N)c1cccc(-c2ccccc2)c1.Cl. The van der Waals surface area contributed by atoms with Gasteiger partial charge in [-0.15, -0.1) is 12.4 Å². The van der Waals surface area contributed by atoms with Gasteiger partial charge in [-0.2, -0.15) is 0 Å². The van der Waals surface area contributed by atoms with Gasteiger partial charge in [0.2, 0.25) is 0 Å². The van der Waals surface area contributed by atoms with Crippen molar-refractivity contribution < 1.29 is 0 Å². The van der Waals surface area contributed by atoms with Crippen LogP contribution in [0.5, 0.6) is 0 Å². The number of hydrogen-bond donors (Lipinski definition) is 1. The van der Waals surface area contributed by atoms with Gasteiger partial charge in [0, 0.05) is 6.04 Å². The zero-order valence-corrected chi connectivity index (χ0v) is 12.4. The van der Waals surface area contributed by atoms with E-state index in [1.54, 1.807) is 0 Å². The van der Waals surface area contributed by atoms with Gasteiger partial charge in [-0.3, -0.25) is 0 Å². The largest absolute Gasteiger partial charge is 0.324 e. The smallest absolute Gasteiger partial charge is 0.0320 e. The lowest BCUT2D eigenvalue weighted by molar-refractivity contribution is 0.457. The summed E-state index contributed by atoms with van der Waals surface area (Å²) in [6.45, 7) is 4.39. The summed E-state index contributed by atoms with van der Waals surface area (Å²) in [5.74, 6) is 0.510. The van der Waals surface area contributed by atoms with Gasteiger partial charge in [-0.05, 0) is 28.7 Å². The molecular weight excluding hydrogens is 254 g/mol. The molecule has 102 valence electrons. The third-order valence-corrected chi connectivity index (χ3v) is 3.64. The molecule has 1 nitrogen and oxygen atoms in total. The summed E-state index contributed by atoms with van der Waals surface area (Å²) in [5.41, 5.74) is 10.0. The Morgan fingerprint density at radius 2 is 1.58 bits per heavy atom. The molecule has 0 aliphatic heterocycles. The lowest BCUT2D eigenvalue weighted by Gasteiger charge is -2.19. The summed E-state index contributed by atoms with van der Waals surface area (Å²) in [6, 6.07) is 19.1. The summed E-state index contributed by atoms with van der Waals surface area (Å²) in [7, 11) is 0. The Bertz CT molecular complexity index is 496. The van der Waals surface area contributed by atoms with Crippen molar-refractivity contribution in [2.75, 3.05) is 0 Å². The predicted molar refractivity (Wildman–Crippen MR) is 85.5 cm³/mol. The fraction of sp³-hybridized carbons (Fsp3) is 0.294.